The summed E-state index contributed by atoms with van der Waals surface area (Å²) < 4.78 is 0. The quantitative estimate of drug-likeness (QED) is 0.788. The molecule has 1 aliphatic rings. The summed E-state index contributed by atoms with van der Waals surface area (Å²) in [5.74, 6) is -1.68. The van der Waals surface area contributed by atoms with Gasteiger partial charge in [-0.15, -0.1) is 0 Å². The zero-order chi connectivity index (χ0) is 14.2. The lowest BCUT2D eigenvalue weighted by atomic mass is 10.2. The van der Waals surface area contributed by atoms with Crippen LogP contribution in [0.3, 0.4) is 0 Å². The molecule has 1 aromatic heterocycles. The molecular formula is C11H10ClN3O4. The van der Waals surface area contributed by atoms with E-state index in [1.807, 2.05) is 0 Å². The Labute approximate surface area is 113 Å². The molecular weight excluding hydrogens is 274 g/mol. The summed E-state index contributed by atoms with van der Waals surface area (Å²) in [5, 5.41) is 11.7. The van der Waals surface area contributed by atoms with E-state index in [-0.39, 0.29) is 34.6 Å². The molecule has 2 heterocycles. The number of aromatic carboxylic acids is 1. The molecule has 0 saturated carbocycles. The lowest BCUT2D eigenvalue weighted by Crippen LogP contribution is -2.32. The van der Waals surface area contributed by atoms with E-state index < -0.39 is 12.0 Å². The van der Waals surface area contributed by atoms with Crippen LogP contribution in [0.4, 0.5) is 5.82 Å². The van der Waals surface area contributed by atoms with Crippen LogP contribution in [0.5, 0.6) is 0 Å². The monoisotopic (exact) mass is 283 g/mol. The Morgan fingerprint density at radius 3 is 2.79 bits per heavy atom. The SMILES string of the molecule is CN1C(=O)CC(Nc2cc(C(=O)O)c(Cl)cn2)C1=O. The summed E-state index contributed by atoms with van der Waals surface area (Å²) in [6.07, 6.45) is 1.19. The average molecular weight is 284 g/mol. The predicted molar refractivity (Wildman–Crippen MR) is 66.0 cm³/mol. The number of amides is 2. The minimum absolute atomic E-state index is 0.00370. The van der Waals surface area contributed by atoms with Gasteiger partial charge in [0.25, 0.3) is 5.91 Å². The normalized spacial score (nSPS) is 18.8. The number of carboxylic acid groups (broad SMARTS) is 1. The molecule has 2 amide bonds. The van der Waals surface area contributed by atoms with Gasteiger partial charge in [-0.3, -0.25) is 14.5 Å². The van der Waals surface area contributed by atoms with E-state index in [2.05, 4.69) is 10.3 Å². The van der Waals surface area contributed by atoms with Crippen molar-refractivity contribution in [2.45, 2.75) is 12.5 Å². The van der Waals surface area contributed by atoms with Crippen molar-refractivity contribution in [3.63, 3.8) is 0 Å². The maximum atomic E-state index is 11.7. The topological polar surface area (TPSA) is 99.6 Å². The number of nitrogens with zero attached hydrogens (tertiary/aromatic N) is 2. The highest BCUT2D eigenvalue weighted by molar-refractivity contribution is 6.33. The number of halogens is 1. The molecule has 100 valence electrons. The van der Waals surface area contributed by atoms with Gasteiger partial charge in [0.2, 0.25) is 5.91 Å². The van der Waals surface area contributed by atoms with Gasteiger partial charge in [0.15, 0.2) is 0 Å². The molecule has 1 aliphatic heterocycles. The highest BCUT2D eigenvalue weighted by atomic mass is 35.5. The minimum Gasteiger partial charge on any atom is -0.478 e. The van der Waals surface area contributed by atoms with Crippen LogP contribution in [0.1, 0.15) is 16.8 Å². The Hall–Kier alpha value is -2.15. The number of hydrogen-bond acceptors (Lipinski definition) is 5. The fraction of sp³-hybridized carbons (Fsp3) is 0.273. The highest BCUT2D eigenvalue weighted by Crippen LogP contribution is 2.20. The number of likely N-dealkylation sites (tertiary alicyclic amines) is 1. The number of imide groups is 1. The first-order valence-electron chi connectivity index (χ1n) is 5.36. The third-order valence-corrected chi connectivity index (χ3v) is 3.09. The second kappa shape index (κ2) is 4.85. The van der Waals surface area contributed by atoms with E-state index in [9.17, 15) is 14.4 Å². The average Bonchev–Trinajstić information content (AvgIpc) is 2.59. The first kappa shape index (κ1) is 13.3. The van der Waals surface area contributed by atoms with Gasteiger partial charge in [0.05, 0.1) is 17.0 Å². The third kappa shape index (κ3) is 2.50. The third-order valence-electron chi connectivity index (χ3n) is 2.79. The zero-order valence-electron chi connectivity index (χ0n) is 9.88. The molecule has 1 unspecified atom stereocenters. The van der Waals surface area contributed by atoms with Crippen molar-refractivity contribution >= 4 is 35.2 Å². The summed E-state index contributed by atoms with van der Waals surface area (Å²) in [4.78, 5) is 38.8. The predicted octanol–water partition coefficient (Wildman–Crippen LogP) is 0.602. The molecule has 2 rings (SSSR count). The van der Waals surface area contributed by atoms with E-state index in [0.29, 0.717) is 0 Å². The van der Waals surface area contributed by atoms with E-state index in [4.69, 9.17) is 16.7 Å². The number of likely N-dealkylation sites (N-methyl/N-ethyl adjacent to an activating group) is 1. The van der Waals surface area contributed by atoms with Gasteiger partial charge in [0, 0.05) is 13.2 Å². The Morgan fingerprint density at radius 2 is 2.26 bits per heavy atom. The van der Waals surface area contributed by atoms with Crippen LogP contribution in [-0.2, 0) is 9.59 Å². The Balaban J connectivity index is 2.21. The summed E-state index contributed by atoms with van der Waals surface area (Å²) >= 11 is 5.68. The van der Waals surface area contributed by atoms with Crippen LogP contribution < -0.4 is 5.32 Å². The molecule has 0 aliphatic carbocycles. The Morgan fingerprint density at radius 1 is 1.58 bits per heavy atom. The van der Waals surface area contributed by atoms with Gasteiger partial charge < -0.3 is 10.4 Å². The van der Waals surface area contributed by atoms with Gasteiger partial charge in [-0.25, -0.2) is 9.78 Å². The van der Waals surface area contributed by atoms with Crippen molar-refractivity contribution in [3.8, 4) is 0 Å². The van der Waals surface area contributed by atoms with Crippen molar-refractivity contribution < 1.29 is 19.5 Å². The summed E-state index contributed by atoms with van der Waals surface area (Å²) in [7, 11) is 1.39. The molecule has 7 nitrogen and oxygen atoms in total. The summed E-state index contributed by atoms with van der Waals surface area (Å²) in [6, 6.07) is 0.494. The first-order valence-corrected chi connectivity index (χ1v) is 5.73. The molecule has 19 heavy (non-hydrogen) atoms. The number of anilines is 1. The number of aromatic nitrogens is 1. The second-order valence-corrected chi connectivity index (χ2v) is 4.45. The van der Waals surface area contributed by atoms with Gasteiger partial charge in [0.1, 0.15) is 11.9 Å². The van der Waals surface area contributed by atoms with Crippen molar-refractivity contribution in [2.75, 3.05) is 12.4 Å². The number of carboxylic acids is 1. The van der Waals surface area contributed by atoms with Crippen molar-refractivity contribution in [1.82, 2.24) is 9.88 Å². The van der Waals surface area contributed by atoms with E-state index in [0.717, 1.165) is 4.90 Å². The van der Waals surface area contributed by atoms with Crippen LogP contribution in [0.15, 0.2) is 12.3 Å². The Kier molecular flexibility index (Phi) is 3.39. The van der Waals surface area contributed by atoms with Gasteiger partial charge in [-0.2, -0.15) is 0 Å². The maximum Gasteiger partial charge on any atom is 0.337 e. The van der Waals surface area contributed by atoms with Crippen molar-refractivity contribution in [1.29, 1.82) is 0 Å². The van der Waals surface area contributed by atoms with Crippen molar-refractivity contribution in [2.24, 2.45) is 0 Å². The molecule has 1 saturated heterocycles. The molecule has 0 aromatic carbocycles. The van der Waals surface area contributed by atoms with E-state index in [1.165, 1.54) is 19.3 Å². The number of hydrogen-bond donors (Lipinski definition) is 2. The maximum absolute atomic E-state index is 11.7. The largest absolute Gasteiger partial charge is 0.478 e. The van der Waals surface area contributed by atoms with Gasteiger partial charge in [-0.05, 0) is 6.07 Å². The lowest BCUT2D eigenvalue weighted by Gasteiger charge is -2.12. The number of carbonyl (C=O) groups excluding carboxylic acids is 2. The van der Waals surface area contributed by atoms with Crippen LogP contribution in [-0.4, -0.2) is 45.9 Å². The van der Waals surface area contributed by atoms with E-state index >= 15 is 0 Å². The summed E-state index contributed by atoms with van der Waals surface area (Å²) in [5.41, 5.74) is -0.121. The van der Waals surface area contributed by atoms with Crippen LogP contribution in [0.2, 0.25) is 5.02 Å². The lowest BCUT2D eigenvalue weighted by molar-refractivity contribution is -0.136. The van der Waals surface area contributed by atoms with Gasteiger partial charge in [-0.1, -0.05) is 11.6 Å². The highest BCUT2D eigenvalue weighted by Gasteiger charge is 2.36. The van der Waals surface area contributed by atoms with E-state index in [1.54, 1.807) is 0 Å². The van der Waals surface area contributed by atoms with Crippen LogP contribution >= 0.6 is 11.6 Å². The number of nitrogens with one attached hydrogen (secondary N) is 1. The molecule has 1 atom stereocenters. The first-order chi connectivity index (χ1) is 8.90. The fourth-order valence-corrected chi connectivity index (χ4v) is 1.91. The molecule has 2 N–H and O–H groups in total. The Bertz CT molecular complexity index is 575. The summed E-state index contributed by atoms with van der Waals surface area (Å²) in [6.45, 7) is 0. The van der Waals surface area contributed by atoms with Crippen LogP contribution in [0, 0.1) is 0 Å². The zero-order valence-corrected chi connectivity index (χ0v) is 10.6. The number of pyridine rings is 1. The molecule has 8 heteroatoms. The molecule has 0 bridgehead atoms. The fourth-order valence-electron chi connectivity index (χ4n) is 1.73. The standard InChI is InChI=1S/C11H10ClN3O4/c1-15-9(16)3-7(10(15)17)14-8-2-5(11(18)19)6(12)4-13-8/h2,4,7H,3H2,1H3,(H,13,14)(H,18,19). The molecule has 0 spiro atoms. The molecule has 1 aromatic rings. The minimum atomic E-state index is -1.19. The van der Waals surface area contributed by atoms with Crippen molar-refractivity contribution in [3.05, 3.63) is 22.8 Å². The number of rotatable bonds is 3. The molecule has 0 radical (unpaired) electrons. The van der Waals surface area contributed by atoms with Crippen LogP contribution in [0.25, 0.3) is 0 Å². The van der Waals surface area contributed by atoms with Gasteiger partial charge >= 0.3 is 5.97 Å². The second-order valence-electron chi connectivity index (χ2n) is 4.05. The molecule has 1 fully saturated rings. The smallest absolute Gasteiger partial charge is 0.337 e. The number of carbonyl (C=O) groups is 3.